The molecule has 108 valence electrons. The van der Waals surface area contributed by atoms with E-state index in [-0.39, 0.29) is 5.04 Å². The first kappa shape index (κ1) is 16.2. The highest BCUT2D eigenvalue weighted by Gasteiger charge is 2.36. The second-order valence-corrected chi connectivity index (χ2v) is 11.1. The van der Waals surface area contributed by atoms with E-state index in [1.54, 1.807) is 0 Å². The zero-order valence-corrected chi connectivity index (χ0v) is 13.8. The molecule has 0 heterocycles. The van der Waals surface area contributed by atoms with E-state index in [1.165, 1.54) is 0 Å². The van der Waals surface area contributed by atoms with Crippen molar-refractivity contribution in [1.29, 1.82) is 0 Å². The Morgan fingerprint density at radius 2 is 1.63 bits per heavy atom. The van der Waals surface area contributed by atoms with Gasteiger partial charge in [-0.25, -0.2) is 0 Å². The van der Waals surface area contributed by atoms with Gasteiger partial charge in [-0.15, -0.1) is 0 Å². The molecular formula is C15H27NO2Si. The third-order valence-corrected chi connectivity index (χ3v) is 8.32. The van der Waals surface area contributed by atoms with Gasteiger partial charge in [-0.3, -0.25) is 0 Å². The molecule has 0 aromatic heterocycles. The number of nitrogens with two attached hydrogens (primary N) is 1. The van der Waals surface area contributed by atoms with Crippen LogP contribution in [0, 0.1) is 0 Å². The Morgan fingerprint density at radius 1 is 1.05 bits per heavy atom. The first-order chi connectivity index (χ1) is 8.76. The molecule has 0 saturated carbocycles. The monoisotopic (exact) mass is 281 g/mol. The SMILES string of the molecule is CC(C)(C)[Si](C)(C)OCCOc1ccc(CN)cc1. The average molecular weight is 281 g/mol. The molecular weight excluding hydrogens is 254 g/mol. The summed E-state index contributed by atoms with van der Waals surface area (Å²) >= 11 is 0. The lowest BCUT2D eigenvalue weighted by molar-refractivity contribution is 0.203. The quantitative estimate of drug-likeness (QED) is 0.640. The van der Waals surface area contributed by atoms with Crippen LogP contribution in [-0.2, 0) is 11.0 Å². The number of rotatable bonds is 6. The molecule has 0 aliphatic rings. The van der Waals surface area contributed by atoms with Crippen LogP contribution in [0.3, 0.4) is 0 Å². The maximum Gasteiger partial charge on any atom is 0.192 e. The van der Waals surface area contributed by atoms with Crippen molar-refractivity contribution in [1.82, 2.24) is 0 Å². The molecule has 0 aliphatic heterocycles. The average Bonchev–Trinajstić information content (AvgIpc) is 2.34. The summed E-state index contributed by atoms with van der Waals surface area (Å²) in [5.41, 5.74) is 6.67. The van der Waals surface area contributed by atoms with E-state index in [0.717, 1.165) is 11.3 Å². The van der Waals surface area contributed by atoms with Crippen molar-refractivity contribution in [2.45, 2.75) is 45.4 Å². The van der Waals surface area contributed by atoms with Gasteiger partial charge in [0, 0.05) is 6.54 Å². The Bertz CT molecular complexity index is 382. The summed E-state index contributed by atoms with van der Waals surface area (Å²) in [6.07, 6.45) is 0. The minimum absolute atomic E-state index is 0.246. The van der Waals surface area contributed by atoms with Crippen molar-refractivity contribution in [2.75, 3.05) is 13.2 Å². The summed E-state index contributed by atoms with van der Waals surface area (Å²) in [6.45, 7) is 13.0. The van der Waals surface area contributed by atoms with Crippen LogP contribution in [0.25, 0.3) is 0 Å². The third-order valence-electron chi connectivity index (χ3n) is 3.78. The smallest absolute Gasteiger partial charge is 0.192 e. The van der Waals surface area contributed by atoms with E-state index in [9.17, 15) is 0 Å². The molecule has 1 rings (SSSR count). The molecule has 2 N–H and O–H groups in total. The van der Waals surface area contributed by atoms with E-state index < -0.39 is 8.32 Å². The fourth-order valence-electron chi connectivity index (χ4n) is 1.39. The topological polar surface area (TPSA) is 44.5 Å². The molecule has 0 radical (unpaired) electrons. The van der Waals surface area contributed by atoms with Gasteiger partial charge in [-0.1, -0.05) is 32.9 Å². The molecule has 3 nitrogen and oxygen atoms in total. The highest BCUT2D eigenvalue weighted by atomic mass is 28.4. The molecule has 0 atom stereocenters. The molecule has 0 spiro atoms. The van der Waals surface area contributed by atoms with Crippen molar-refractivity contribution < 1.29 is 9.16 Å². The van der Waals surface area contributed by atoms with E-state index >= 15 is 0 Å². The largest absolute Gasteiger partial charge is 0.491 e. The van der Waals surface area contributed by atoms with Gasteiger partial charge in [0.25, 0.3) is 0 Å². The Labute approximate surface area is 118 Å². The molecule has 0 aliphatic carbocycles. The van der Waals surface area contributed by atoms with Gasteiger partial charge in [-0.2, -0.15) is 0 Å². The maximum absolute atomic E-state index is 6.05. The number of ether oxygens (including phenoxy) is 1. The van der Waals surface area contributed by atoms with Gasteiger partial charge in [0.2, 0.25) is 0 Å². The predicted molar refractivity (Wildman–Crippen MR) is 83.0 cm³/mol. The van der Waals surface area contributed by atoms with Gasteiger partial charge < -0.3 is 14.9 Å². The zero-order valence-electron chi connectivity index (χ0n) is 12.8. The molecule has 4 heteroatoms. The van der Waals surface area contributed by atoms with Crippen LogP contribution < -0.4 is 10.5 Å². The molecule has 0 unspecified atom stereocenters. The minimum Gasteiger partial charge on any atom is -0.491 e. The summed E-state index contributed by atoms with van der Waals surface area (Å²) < 4.78 is 11.7. The molecule has 0 amide bonds. The summed E-state index contributed by atoms with van der Waals surface area (Å²) in [5.74, 6) is 0.871. The van der Waals surface area contributed by atoms with Gasteiger partial charge in [0.1, 0.15) is 12.4 Å². The van der Waals surface area contributed by atoms with Crippen LogP contribution in [0.1, 0.15) is 26.3 Å². The van der Waals surface area contributed by atoms with E-state index in [1.807, 2.05) is 24.3 Å². The normalized spacial score (nSPS) is 12.5. The van der Waals surface area contributed by atoms with Crippen LogP contribution in [0.5, 0.6) is 5.75 Å². The fourth-order valence-corrected chi connectivity index (χ4v) is 2.42. The van der Waals surface area contributed by atoms with E-state index in [2.05, 4.69) is 33.9 Å². The van der Waals surface area contributed by atoms with Crippen LogP contribution in [0.4, 0.5) is 0 Å². The van der Waals surface area contributed by atoms with Crippen LogP contribution in [0.2, 0.25) is 18.1 Å². The number of hydrogen-bond donors (Lipinski definition) is 1. The van der Waals surface area contributed by atoms with Crippen LogP contribution >= 0.6 is 0 Å². The van der Waals surface area contributed by atoms with Crippen molar-refractivity contribution >= 4 is 8.32 Å². The Hall–Kier alpha value is -0.843. The first-order valence-corrected chi connectivity index (χ1v) is 9.73. The van der Waals surface area contributed by atoms with Gasteiger partial charge in [0.15, 0.2) is 8.32 Å². The fraction of sp³-hybridized carbons (Fsp3) is 0.600. The van der Waals surface area contributed by atoms with Crippen LogP contribution in [0.15, 0.2) is 24.3 Å². The second kappa shape index (κ2) is 6.55. The highest BCUT2D eigenvalue weighted by molar-refractivity contribution is 6.74. The molecule has 19 heavy (non-hydrogen) atoms. The number of hydrogen-bond acceptors (Lipinski definition) is 3. The van der Waals surface area contributed by atoms with Gasteiger partial charge >= 0.3 is 0 Å². The molecule has 1 aromatic rings. The third kappa shape index (κ3) is 4.97. The minimum atomic E-state index is -1.65. The summed E-state index contributed by atoms with van der Waals surface area (Å²) in [5, 5.41) is 0.246. The molecule has 0 fully saturated rings. The van der Waals surface area contributed by atoms with E-state index in [4.69, 9.17) is 14.9 Å². The molecule has 1 aromatic carbocycles. The van der Waals surface area contributed by atoms with Crippen molar-refractivity contribution in [3.05, 3.63) is 29.8 Å². The van der Waals surface area contributed by atoms with Gasteiger partial charge in [-0.05, 0) is 35.8 Å². The van der Waals surface area contributed by atoms with Crippen molar-refractivity contribution in [3.63, 3.8) is 0 Å². The Balaban J connectivity index is 2.34. The molecule has 0 bridgehead atoms. The summed E-state index contributed by atoms with van der Waals surface area (Å²) in [6, 6.07) is 7.89. The lowest BCUT2D eigenvalue weighted by Gasteiger charge is -2.36. The second-order valence-electron chi connectivity index (χ2n) is 6.31. The predicted octanol–water partition coefficient (Wildman–Crippen LogP) is 3.55. The van der Waals surface area contributed by atoms with Crippen molar-refractivity contribution in [3.8, 4) is 5.75 Å². The number of benzene rings is 1. The lowest BCUT2D eigenvalue weighted by atomic mass is 10.2. The van der Waals surface area contributed by atoms with E-state index in [0.29, 0.717) is 19.8 Å². The molecule has 0 saturated heterocycles. The lowest BCUT2D eigenvalue weighted by Crippen LogP contribution is -2.41. The van der Waals surface area contributed by atoms with Crippen molar-refractivity contribution in [2.24, 2.45) is 5.73 Å². The Kier molecular flexibility index (Phi) is 5.59. The summed E-state index contributed by atoms with van der Waals surface area (Å²) in [7, 11) is -1.65. The maximum atomic E-state index is 6.05. The zero-order chi connectivity index (χ0) is 14.5. The standard InChI is InChI=1S/C15H27NO2Si/c1-15(2,3)19(4,5)18-11-10-17-14-8-6-13(12-16)7-9-14/h6-9H,10-12,16H2,1-5H3. The summed E-state index contributed by atoms with van der Waals surface area (Å²) in [4.78, 5) is 0. The Morgan fingerprint density at radius 3 is 2.11 bits per heavy atom. The highest BCUT2D eigenvalue weighted by Crippen LogP contribution is 2.36. The van der Waals surface area contributed by atoms with Gasteiger partial charge in [0.05, 0.1) is 6.61 Å². The van der Waals surface area contributed by atoms with Crippen LogP contribution in [-0.4, -0.2) is 21.5 Å². The first-order valence-electron chi connectivity index (χ1n) is 6.82.